The van der Waals surface area contributed by atoms with E-state index in [1.165, 1.54) is 6.92 Å². The minimum atomic E-state index is -1.51. The van der Waals surface area contributed by atoms with Crippen molar-refractivity contribution in [1.29, 1.82) is 0 Å². The molecule has 0 aliphatic carbocycles. The van der Waals surface area contributed by atoms with Gasteiger partial charge in [-0.25, -0.2) is 4.79 Å². The number of hydrogen-bond acceptors (Lipinski definition) is 7. The first kappa shape index (κ1) is 23.8. The van der Waals surface area contributed by atoms with Gasteiger partial charge in [-0.1, -0.05) is 13.8 Å². The van der Waals surface area contributed by atoms with Crippen LogP contribution in [0.2, 0.25) is 0 Å². The number of aliphatic hydroxyl groups is 2. The molecular formula is C15H28N4O7. The molecular weight excluding hydrogens is 348 g/mol. The second kappa shape index (κ2) is 11.4. The number of aliphatic carboxylic acids is 1. The predicted molar refractivity (Wildman–Crippen MR) is 90.7 cm³/mol. The summed E-state index contributed by atoms with van der Waals surface area (Å²) >= 11 is 0. The molecule has 0 aliphatic heterocycles. The van der Waals surface area contributed by atoms with Crippen LogP contribution >= 0.6 is 0 Å². The zero-order chi connectivity index (χ0) is 20.4. The zero-order valence-corrected chi connectivity index (χ0v) is 15.1. The highest BCUT2D eigenvalue weighted by Gasteiger charge is 2.27. The molecule has 0 rings (SSSR count). The number of nitrogens with two attached hydrogens (primary N) is 1. The fourth-order valence-electron chi connectivity index (χ4n) is 1.95. The van der Waals surface area contributed by atoms with E-state index in [0.717, 1.165) is 0 Å². The normalized spacial score (nSPS) is 15.5. The Bertz CT molecular complexity index is 512. The van der Waals surface area contributed by atoms with Crippen molar-refractivity contribution in [3.63, 3.8) is 0 Å². The van der Waals surface area contributed by atoms with Gasteiger partial charge in [0.1, 0.15) is 18.1 Å². The third-order valence-electron chi connectivity index (χ3n) is 3.43. The molecule has 8 N–H and O–H groups in total. The summed E-state index contributed by atoms with van der Waals surface area (Å²) in [5.74, 6) is -3.57. The number of rotatable bonds is 11. The lowest BCUT2D eigenvalue weighted by Gasteiger charge is -2.22. The molecule has 0 aromatic heterocycles. The summed E-state index contributed by atoms with van der Waals surface area (Å²) in [5.41, 5.74) is 5.70. The topological polar surface area (TPSA) is 191 Å². The predicted octanol–water partition coefficient (Wildman–Crippen LogP) is -3.10. The second-order valence-corrected chi connectivity index (χ2v) is 6.29. The molecule has 0 bridgehead atoms. The standard InChI is InChI=1S/C15H28N4O7/c1-7(2)4-9(16)13(23)18-10(5-20)14(24)17-8(3)12(22)19-11(6-21)15(25)26/h7-11,20-21H,4-6,16H2,1-3H3,(H,17,24)(H,18,23)(H,19,22)(H,25,26)/t8-,9-,10-,11-/m0/s1. The maximum Gasteiger partial charge on any atom is 0.328 e. The van der Waals surface area contributed by atoms with E-state index in [1.54, 1.807) is 0 Å². The maximum atomic E-state index is 12.1. The Morgan fingerprint density at radius 3 is 1.77 bits per heavy atom. The maximum absolute atomic E-state index is 12.1. The Hall–Kier alpha value is -2.24. The number of hydrogen-bond donors (Lipinski definition) is 7. The van der Waals surface area contributed by atoms with Gasteiger partial charge in [0.25, 0.3) is 0 Å². The molecule has 11 nitrogen and oxygen atoms in total. The number of carbonyl (C=O) groups excluding carboxylic acids is 3. The molecule has 150 valence electrons. The van der Waals surface area contributed by atoms with E-state index in [4.69, 9.17) is 15.9 Å². The SMILES string of the molecule is CC(C)C[C@H](N)C(=O)N[C@@H](CO)C(=O)N[C@@H](C)C(=O)N[C@@H](CO)C(=O)O. The van der Waals surface area contributed by atoms with Gasteiger partial charge >= 0.3 is 5.97 Å². The van der Waals surface area contributed by atoms with Crippen LogP contribution in [0.1, 0.15) is 27.2 Å². The largest absolute Gasteiger partial charge is 0.480 e. The van der Waals surface area contributed by atoms with Crippen molar-refractivity contribution < 1.29 is 34.5 Å². The summed E-state index contributed by atoms with van der Waals surface area (Å²) in [6, 6.07) is -4.84. The highest BCUT2D eigenvalue weighted by atomic mass is 16.4. The van der Waals surface area contributed by atoms with Crippen LogP contribution in [0.3, 0.4) is 0 Å². The average molecular weight is 376 g/mol. The van der Waals surface area contributed by atoms with E-state index < -0.39 is 61.1 Å². The van der Waals surface area contributed by atoms with Crippen LogP contribution in [0, 0.1) is 5.92 Å². The molecule has 0 aromatic rings. The fraction of sp³-hybridized carbons (Fsp3) is 0.733. The monoisotopic (exact) mass is 376 g/mol. The molecule has 0 fully saturated rings. The van der Waals surface area contributed by atoms with Gasteiger partial charge < -0.3 is 37.0 Å². The van der Waals surface area contributed by atoms with Crippen molar-refractivity contribution in [1.82, 2.24) is 16.0 Å². The van der Waals surface area contributed by atoms with Crippen molar-refractivity contribution in [3.05, 3.63) is 0 Å². The summed E-state index contributed by atoms with van der Waals surface area (Å²) < 4.78 is 0. The summed E-state index contributed by atoms with van der Waals surface area (Å²) in [6.45, 7) is 3.50. The summed E-state index contributed by atoms with van der Waals surface area (Å²) in [6.07, 6.45) is 0.391. The van der Waals surface area contributed by atoms with E-state index in [-0.39, 0.29) is 5.92 Å². The Labute approximate surface area is 151 Å². The van der Waals surface area contributed by atoms with Crippen molar-refractivity contribution in [2.24, 2.45) is 11.7 Å². The van der Waals surface area contributed by atoms with Crippen LogP contribution < -0.4 is 21.7 Å². The molecule has 0 unspecified atom stereocenters. The summed E-state index contributed by atoms with van der Waals surface area (Å²) in [7, 11) is 0. The van der Waals surface area contributed by atoms with Gasteiger partial charge in [-0.05, 0) is 19.3 Å². The first-order valence-electron chi connectivity index (χ1n) is 8.14. The molecule has 4 atom stereocenters. The van der Waals surface area contributed by atoms with Crippen molar-refractivity contribution >= 4 is 23.7 Å². The van der Waals surface area contributed by atoms with Gasteiger partial charge in [-0.15, -0.1) is 0 Å². The van der Waals surface area contributed by atoms with Crippen molar-refractivity contribution in [3.8, 4) is 0 Å². The number of carboxylic acids is 1. The second-order valence-electron chi connectivity index (χ2n) is 6.29. The molecule has 0 heterocycles. The van der Waals surface area contributed by atoms with E-state index >= 15 is 0 Å². The van der Waals surface area contributed by atoms with Crippen LogP contribution in [0.25, 0.3) is 0 Å². The number of carbonyl (C=O) groups is 4. The third kappa shape index (κ3) is 8.23. The van der Waals surface area contributed by atoms with Crippen LogP contribution in [0.4, 0.5) is 0 Å². The van der Waals surface area contributed by atoms with Crippen LogP contribution in [-0.2, 0) is 19.2 Å². The van der Waals surface area contributed by atoms with Gasteiger partial charge in [-0.3, -0.25) is 14.4 Å². The quantitative estimate of drug-likeness (QED) is 0.197. The third-order valence-corrected chi connectivity index (χ3v) is 3.43. The first-order valence-corrected chi connectivity index (χ1v) is 8.14. The molecule has 0 saturated heterocycles. The molecule has 0 aromatic carbocycles. The van der Waals surface area contributed by atoms with E-state index in [9.17, 15) is 24.3 Å². The zero-order valence-electron chi connectivity index (χ0n) is 15.1. The number of aliphatic hydroxyl groups excluding tert-OH is 2. The Morgan fingerprint density at radius 1 is 0.846 bits per heavy atom. The van der Waals surface area contributed by atoms with Crippen LogP contribution in [0.15, 0.2) is 0 Å². The summed E-state index contributed by atoms with van der Waals surface area (Å²) in [5, 5.41) is 33.5. The lowest BCUT2D eigenvalue weighted by Crippen LogP contribution is -2.57. The molecule has 11 heteroatoms. The highest BCUT2D eigenvalue weighted by molar-refractivity contribution is 5.93. The fourth-order valence-corrected chi connectivity index (χ4v) is 1.95. The summed E-state index contributed by atoms with van der Waals surface area (Å²) in [4.78, 5) is 46.6. The molecule has 0 aliphatic rings. The Balaban J connectivity index is 4.71. The molecule has 0 saturated carbocycles. The first-order chi connectivity index (χ1) is 12.0. The average Bonchev–Trinajstić information content (AvgIpc) is 2.55. The van der Waals surface area contributed by atoms with Crippen LogP contribution in [0.5, 0.6) is 0 Å². The van der Waals surface area contributed by atoms with E-state index in [1.807, 2.05) is 19.2 Å². The lowest BCUT2D eigenvalue weighted by atomic mass is 10.0. The van der Waals surface area contributed by atoms with Gasteiger partial charge in [0, 0.05) is 0 Å². The molecule has 0 radical (unpaired) electrons. The smallest absolute Gasteiger partial charge is 0.328 e. The molecule has 0 spiro atoms. The minimum absolute atomic E-state index is 0.162. The lowest BCUT2D eigenvalue weighted by molar-refractivity contribution is -0.143. The van der Waals surface area contributed by atoms with E-state index in [0.29, 0.717) is 6.42 Å². The van der Waals surface area contributed by atoms with Gasteiger partial charge in [0.2, 0.25) is 17.7 Å². The number of carboxylic acid groups (broad SMARTS) is 1. The Kier molecular flexibility index (Phi) is 10.4. The highest BCUT2D eigenvalue weighted by Crippen LogP contribution is 2.03. The van der Waals surface area contributed by atoms with Gasteiger partial charge in [0.15, 0.2) is 0 Å². The number of amides is 3. The van der Waals surface area contributed by atoms with Crippen LogP contribution in [-0.4, -0.2) is 76.4 Å². The van der Waals surface area contributed by atoms with Crippen molar-refractivity contribution in [2.45, 2.75) is 51.4 Å². The molecule has 26 heavy (non-hydrogen) atoms. The molecule has 3 amide bonds. The Morgan fingerprint density at radius 2 is 1.35 bits per heavy atom. The van der Waals surface area contributed by atoms with Crippen molar-refractivity contribution in [2.75, 3.05) is 13.2 Å². The van der Waals surface area contributed by atoms with Gasteiger partial charge in [0.05, 0.1) is 19.3 Å². The van der Waals surface area contributed by atoms with E-state index in [2.05, 4.69) is 10.6 Å². The minimum Gasteiger partial charge on any atom is -0.480 e. The van der Waals surface area contributed by atoms with Gasteiger partial charge in [-0.2, -0.15) is 0 Å². The number of nitrogens with one attached hydrogen (secondary N) is 3.